The molecule has 0 aromatic heterocycles. The van der Waals surface area contributed by atoms with E-state index in [0.29, 0.717) is 25.9 Å². The van der Waals surface area contributed by atoms with Crippen LogP contribution in [0.3, 0.4) is 0 Å². The van der Waals surface area contributed by atoms with Crippen molar-refractivity contribution in [2.45, 2.75) is 44.6 Å². The van der Waals surface area contributed by atoms with Crippen LogP contribution in [-0.4, -0.2) is 67.2 Å². The molecular formula is C15H24N2O4S. The Hall–Kier alpha value is -1.11. The molecule has 2 amide bonds. The maximum absolute atomic E-state index is 12.7. The fraction of sp³-hybridized carbons (Fsp3) is 0.867. The van der Waals surface area contributed by atoms with E-state index in [1.165, 1.54) is 0 Å². The van der Waals surface area contributed by atoms with Gasteiger partial charge in [0.1, 0.15) is 0 Å². The van der Waals surface area contributed by atoms with Crippen LogP contribution in [0.1, 0.15) is 38.5 Å². The Morgan fingerprint density at radius 1 is 1.14 bits per heavy atom. The Bertz CT molecular complexity index is 560. The van der Waals surface area contributed by atoms with Crippen LogP contribution in [0.4, 0.5) is 0 Å². The highest BCUT2D eigenvalue weighted by atomic mass is 32.2. The normalized spacial score (nSPS) is 31.7. The summed E-state index contributed by atoms with van der Waals surface area (Å²) >= 11 is 0. The number of piperidine rings is 1. The molecule has 0 aromatic carbocycles. The standard InChI is InChI=1S/C15H24N2O4S/c18-14-5-3-7-16(14)10-13-4-1-2-8-17(13)15(19)12-6-9-22(20,21)11-12/h12-13H,1-11H2/t12-,13-/m0/s1. The summed E-state index contributed by atoms with van der Waals surface area (Å²) in [4.78, 5) is 28.2. The fourth-order valence-corrected chi connectivity index (χ4v) is 5.59. The predicted octanol–water partition coefficient (Wildman–Crippen LogP) is 0.425. The van der Waals surface area contributed by atoms with E-state index >= 15 is 0 Å². The van der Waals surface area contributed by atoms with Gasteiger partial charge in [-0.05, 0) is 32.1 Å². The monoisotopic (exact) mass is 328 g/mol. The molecule has 0 saturated carbocycles. The van der Waals surface area contributed by atoms with E-state index in [4.69, 9.17) is 0 Å². The largest absolute Gasteiger partial charge is 0.341 e. The van der Waals surface area contributed by atoms with Crippen molar-refractivity contribution in [2.75, 3.05) is 31.1 Å². The van der Waals surface area contributed by atoms with Gasteiger partial charge in [-0.25, -0.2) is 8.42 Å². The zero-order valence-corrected chi connectivity index (χ0v) is 13.7. The zero-order valence-electron chi connectivity index (χ0n) is 12.9. The lowest BCUT2D eigenvalue weighted by Crippen LogP contribution is -2.51. The van der Waals surface area contributed by atoms with E-state index in [2.05, 4.69) is 0 Å². The van der Waals surface area contributed by atoms with Gasteiger partial charge in [-0.3, -0.25) is 9.59 Å². The number of carbonyl (C=O) groups is 2. The number of hydrogen-bond donors (Lipinski definition) is 0. The van der Waals surface area contributed by atoms with E-state index < -0.39 is 9.84 Å². The summed E-state index contributed by atoms with van der Waals surface area (Å²) in [7, 11) is -3.04. The third-order valence-electron chi connectivity index (χ3n) is 5.09. The van der Waals surface area contributed by atoms with E-state index in [9.17, 15) is 18.0 Å². The van der Waals surface area contributed by atoms with Crippen molar-refractivity contribution in [2.24, 2.45) is 5.92 Å². The molecule has 0 unspecified atom stereocenters. The molecular weight excluding hydrogens is 304 g/mol. The maximum atomic E-state index is 12.7. The number of amides is 2. The number of carbonyl (C=O) groups excluding carboxylic acids is 2. The van der Waals surface area contributed by atoms with Gasteiger partial charge >= 0.3 is 0 Å². The third kappa shape index (κ3) is 3.29. The van der Waals surface area contributed by atoms with Gasteiger partial charge in [-0.1, -0.05) is 0 Å². The first kappa shape index (κ1) is 15.8. The van der Waals surface area contributed by atoms with Crippen LogP contribution in [0.15, 0.2) is 0 Å². The van der Waals surface area contributed by atoms with Gasteiger partial charge in [-0.15, -0.1) is 0 Å². The molecule has 0 aliphatic carbocycles. The van der Waals surface area contributed by atoms with Gasteiger partial charge in [0.15, 0.2) is 9.84 Å². The van der Waals surface area contributed by atoms with Crippen molar-refractivity contribution in [1.29, 1.82) is 0 Å². The van der Waals surface area contributed by atoms with Crippen molar-refractivity contribution in [3.63, 3.8) is 0 Å². The quantitative estimate of drug-likeness (QED) is 0.753. The lowest BCUT2D eigenvalue weighted by Gasteiger charge is -2.39. The topological polar surface area (TPSA) is 74.8 Å². The minimum absolute atomic E-state index is 0.00228. The fourth-order valence-electron chi connectivity index (χ4n) is 3.86. The van der Waals surface area contributed by atoms with Crippen LogP contribution in [0.2, 0.25) is 0 Å². The molecule has 3 aliphatic heterocycles. The second kappa shape index (κ2) is 6.18. The van der Waals surface area contributed by atoms with Crippen LogP contribution in [-0.2, 0) is 19.4 Å². The molecule has 3 heterocycles. The highest BCUT2D eigenvalue weighted by Crippen LogP contribution is 2.26. The van der Waals surface area contributed by atoms with E-state index in [1.54, 1.807) is 0 Å². The molecule has 2 atom stereocenters. The van der Waals surface area contributed by atoms with Crippen molar-refractivity contribution < 1.29 is 18.0 Å². The molecule has 3 fully saturated rings. The van der Waals surface area contributed by atoms with Crippen molar-refractivity contribution in [3.05, 3.63) is 0 Å². The maximum Gasteiger partial charge on any atom is 0.227 e. The lowest BCUT2D eigenvalue weighted by atomic mass is 9.98. The minimum atomic E-state index is -3.04. The summed E-state index contributed by atoms with van der Waals surface area (Å²) < 4.78 is 23.2. The first-order chi connectivity index (χ1) is 10.5. The van der Waals surface area contributed by atoms with Crippen LogP contribution in [0, 0.1) is 5.92 Å². The molecule has 22 heavy (non-hydrogen) atoms. The van der Waals surface area contributed by atoms with Crippen molar-refractivity contribution in [3.8, 4) is 0 Å². The van der Waals surface area contributed by atoms with Gasteiger partial charge in [0, 0.05) is 32.1 Å². The summed E-state index contributed by atoms with van der Waals surface area (Å²) in [6, 6.07) is 0.0617. The zero-order chi connectivity index (χ0) is 15.7. The van der Waals surface area contributed by atoms with Crippen LogP contribution in [0.5, 0.6) is 0 Å². The van der Waals surface area contributed by atoms with Gasteiger partial charge in [0.05, 0.1) is 17.4 Å². The summed E-state index contributed by atoms with van der Waals surface area (Å²) in [5.74, 6) is -0.0803. The lowest BCUT2D eigenvalue weighted by molar-refractivity contribution is -0.140. The molecule has 0 aromatic rings. The number of hydrogen-bond acceptors (Lipinski definition) is 4. The molecule has 7 heteroatoms. The molecule has 0 N–H and O–H groups in total. The Kier molecular flexibility index (Phi) is 4.43. The van der Waals surface area contributed by atoms with E-state index in [1.807, 2.05) is 9.80 Å². The first-order valence-electron chi connectivity index (χ1n) is 8.25. The molecule has 3 aliphatic rings. The van der Waals surface area contributed by atoms with Crippen molar-refractivity contribution >= 4 is 21.7 Å². The van der Waals surface area contributed by atoms with Gasteiger partial charge < -0.3 is 9.80 Å². The molecule has 0 spiro atoms. The Morgan fingerprint density at radius 2 is 1.95 bits per heavy atom. The molecule has 3 rings (SSSR count). The highest BCUT2D eigenvalue weighted by molar-refractivity contribution is 7.91. The SMILES string of the molecule is O=C1CCCN1C[C@@H]1CCCCN1C(=O)[C@H]1CCS(=O)(=O)C1. The predicted molar refractivity (Wildman–Crippen MR) is 81.9 cm³/mol. The van der Waals surface area contributed by atoms with Crippen LogP contribution < -0.4 is 0 Å². The average molecular weight is 328 g/mol. The molecule has 6 nitrogen and oxygen atoms in total. The number of nitrogens with zero attached hydrogens (tertiary/aromatic N) is 2. The molecule has 0 radical (unpaired) electrons. The van der Waals surface area contributed by atoms with Gasteiger partial charge in [-0.2, -0.15) is 0 Å². The summed E-state index contributed by atoms with van der Waals surface area (Å²) in [5, 5.41) is 0. The Balaban J connectivity index is 1.67. The number of sulfone groups is 1. The van der Waals surface area contributed by atoms with E-state index in [-0.39, 0.29) is 35.3 Å². The summed E-state index contributed by atoms with van der Waals surface area (Å²) in [6.07, 6.45) is 4.92. The molecule has 124 valence electrons. The molecule has 3 saturated heterocycles. The first-order valence-corrected chi connectivity index (χ1v) is 10.1. The third-order valence-corrected chi connectivity index (χ3v) is 6.86. The van der Waals surface area contributed by atoms with Crippen LogP contribution >= 0.6 is 0 Å². The van der Waals surface area contributed by atoms with Crippen LogP contribution in [0.25, 0.3) is 0 Å². The second-order valence-electron chi connectivity index (χ2n) is 6.72. The average Bonchev–Trinajstić information content (AvgIpc) is 3.05. The summed E-state index contributed by atoms with van der Waals surface area (Å²) in [6.45, 7) is 2.10. The smallest absolute Gasteiger partial charge is 0.227 e. The highest BCUT2D eigenvalue weighted by Gasteiger charge is 2.39. The number of rotatable bonds is 3. The summed E-state index contributed by atoms with van der Waals surface area (Å²) in [5.41, 5.74) is 0. The molecule has 0 bridgehead atoms. The van der Waals surface area contributed by atoms with E-state index in [0.717, 1.165) is 32.2 Å². The Labute approximate surface area is 131 Å². The number of likely N-dealkylation sites (tertiary alicyclic amines) is 2. The second-order valence-corrected chi connectivity index (χ2v) is 8.95. The van der Waals surface area contributed by atoms with Gasteiger partial charge in [0.2, 0.25) is 11.8 Å². The minimum Gasteiger partial charge on any atom is -0.341 e. The van der Waals surface area contributed by atoms with Gasteiger partial charge in [0.25, 0.3) is 0 Å². The Morgan fingerprint density at radius 3 is 2.59 bits per heavy atom. The van der Waals surface area contributed by atoms with Crippen molar-refractivity contribution in [1.82, 2.24) is 9.80 Å².